The fourth-order valence-electron chi connectivity index (χ4n) is 0.607. The topological polar surface area (TPSA) is 0 Å². The van der Waals surface area contributed by atoms with Crippen molar-refractivity contribution in [2.45, 2.75) is 6.18 Å². The van der Waals surface area contributed by atoms with Gasteiger partial charge in [0.25, 0.3) is 0 Å². The van der Waals surface area contributed by atoms with Gasteiger partial charge in [0.2, 0.25) is 0 Å². The standard InChI is InChI=1S/C7H3F4.2BrH.Mg/c8-6-3-1-2-5(4-6)7(9,10)11;;;/h2-4H;2*1H;/q;;;+2/p-2. The van der Waals surface area contributed by atoms with Crippen molar-refractivity contribution >= 4 is 41.8 Å². The monoisotopic (exact) mass is 345 g/mol. The molecule has 1 aromatic rings. The van der Waals surface area contributed by atoms with E-state index in [1.807, 2.05) is 6.07 Å². The summed E-state index contributed by atoms with van der Waals surface area (Å²) in [6.45, 7) is 0. The third kappa shape index (κ3) is 6.21. The highest BCUT2D eigenvalue weighted by Crippen LogP contribution is 2.28. The number of benzene rings is 1. The zero-order valence-electron chi connectivity index (χ0n) is 6.71. The second kappa shape index (κ2) is 7.03. The average Bonchev–Trinajstić information content (AvgIpc) is 2.04. The lowest BCUT2D eigenvalue weighted by Gasteiger charge is -2.04. The van der Waals surface area contributed by atoms with E-state index in [0.29, 0.717) is 12.1 Å². The van der Waals surface area contributed by atoms with Crippen molar-refractivity contribution in [1.82, 2.24) is 0 Å². The van der Waals surface area contributed by atoms with E-state index < -0.39 is 17.6 Å². The van der Waals surface area contributed by atoms with Crippen LogP contribution in [0.5, 0.6) is 0 Å². The lowest BCUT2D eigenvalue weighted by Crippen LogP contribution is -2.04. The van der Waals surface area contributed by atoms with Gasteiger partial charge >= 0.3 is 22.2 Å². The molecule has 75 valence electrons. The molecule has 7 heteroatoms. The zero-order valence-corrected chi connectivity index (χ0v) is 11.3. The maximum absolute atomic E-state index is 12.2. The highest BCUT2D eigenvalue weighted by atomic mass is 79.9. The molecule has 0 spiro atoms. The van der Waals surface area contributed by atoms with Crippen LogP contribution in [0.25, 0.3) is 0 Å². The summed E-state index contributed by atoms with van der Waals surface area (Å²) in [5.41, 5.74) is -1.02. The van der Waals surface area contributed by atoms with Crippen LogP contribution >= 0.6 is 25.8 Å². The minimum absolute atomic E-state index is 0.0417. The molecule has 0 heterocycles. The molecule has 14 heavy (non-hydrogen) atoms. The first-order chi connectivity index (χ1) is 6.41. The lowest BCUT2D eigenvalue weighted by molar-refractivity contribution is -0.137. The Hall–Kier alpha value is 0.666. The number of rotatable bonds is 0. The average molecular weight is 347 g/mol. The second-order valence-electron chi connectivity index (χ2n) is 2.04. The number of alkyl halides is 3. The van der Waals surface area contributed by atoms with Crippen LogP contribution in [0, 0.1) is 11.9 Å². The van der Waals surface area contributed by atoms with E-state index >= 15 is 0 Å². The van der Waals surface area contributed by atoms with Crippen LogP contribution in [0.2, 0.25) is 0 Å². The van der Waals surface area contributed by atoms with Crippen molar-refractivity contribution in [2.75, 3.05) is 0 Å². The molecule has 0 unspecified atom stereocenters. The molecule has 0 aliphatic rings. The van der Waals surface area contributed by atoms with Crippen LogP contribution in [0.4, 0.5) is 17.6 Å². The lowest BCUT2D eigenvalue weighted by atomic mass is 10.2. The van der Waals surface area contributed by atoms with Gasteiger partial charge in [0.1, 0.15) is 5.82 Å². The van der Waals surface area contributed by atoms with Crippen molar-refractivity contribution in [3.05, 3.63) is 35.6 Å². The predicted octanol–water partition coefficient (Wildman–Crippen LogP) is 3.96. The second-order valence-corrected chi connectivity index (χ2v) is 10.1. The summed E-state index contributed by atoms with van der Waals surface area (Å²) in [5.74, 6) is -0.931. The maximum atomic E-state index is 12.2. The van der Waals surface area contributed by atoms with Crippen molar-refractivity contribution in [3.8, 4) is 0 Å². The van der Waals surface area contributed by atoms with Crippen LogP contribution in [-0.4, -0.2) is 16.0 Å². The Kier molecular flexibility index (Phi) is 7.36. The molecule has 0 atom stereocenters. The molecule has 0 saturated carbocycles. The van der Waals surface area contributed by atoms with E-state index in [9.17, 15) is 17.6 Å². The highest BCUT2D eigenvalue weighted by molar-refractivity contribution is 9.47. The van der Waals surface area contributed by atoms with E-state index in [2.05, 4.69) is 25.8 Å². The van der Waals surface area contributed by atoms with Gasteiger partial charge in [-0.3, -0.25) is 25.8 Å². The Labute approximate surface area is 101 Å². The molecule has 0 nitrogen and oxygen atoms in total. The van der Waals surface area contributed by atoms with Gasteiger partial charge in [0, 0.05) is 0 Å². The predicted molar refractivity (Wildman–Crippen MR) is 53.8 cm³/mol. The van der Waals surface area contributed by atoms with Gasteiger partial charge in [-0.1, -0.05) is 0 Å². The van der Waals surface area contributed by atoms with Crippen LogP contribution in [0.1, 0.15) is 5.56 Å². The van der Waals surface area contributed by atoms with E-state index in [0.717, 1.165) is 6.07 Å². The summed E-state index contributed by atoms with van der Waals surface area (Å²) in [5, 5.41) is 0. The number of hydrogen-bond acceptors (Lipinski definition) is 0. The fourth-order valence-corrected chi connectivity index (χ4v) is 0.607. The molecular formula is C7H3Br2F4Mg. The van der Waals surface area contributed by atoms with Gasteiger partial charge in [-0.15, -0.1) is 0 Å². The van der Waals surface area contributed by atoms with E-state index in [-0.39, 0.29) is 16.0 Å². The molecule has 0 N–H and O–H groups in total. The van der Waals surface area contributed by atoms with E-state index in [4.69, 9.17) is 0 Å². The fraction of sp³-hybridized carbons (Fsp3) is 0.143. The molecule has 0 aliphatic carbocycles. The van der Waals surface area contributed by atoms with Crippen molar-refractivity contribution < 1.29 is 17.6 Å². The van der Waals surface area contributed by atoms with Crippen molar-refractivity contribution in [2.24, 2.45) is 0 Å². The van der Waals surface area contributed by atoms with Crippen molar-refractivity contribution in [1.29, 1.82) is 0 Å². The van der Waals surface area contributed by atoms with Crippen LogP contribution < -0.4 is 0 Å². The van der Waals surface area contributed by atoms with E-state index in [1.54, 1.807) is 0 Å². The first-order valence-corrected chi connectivity index (χ1v) is 11.1. The SMILES string of the molecule is Fc1c[c]cc(C(F)(F)F)c1.[Br][Mg][Br]. The summed E-state index contributed by atoms with van der Waals surface area (Å²) in [6, 6.07) is 4.01. The third-order valence-corrected chi connectivity index (χ3v) is 1.08. The van der Waals surface area contributed by atoms with Crippen LogP contribution in [0.15, 0.2) is 18.2 Å². The minimum Gasteiger partial charge on any atom is -0.280 e. The zero-order chi connectivity index (χ0) is 11.2. The first kappa shape index (κ1) is 14.7. The molecule has 1 radical (unpaired) electrons. The smallest absolute Gasteiger partial charge is 0.280 e. The molecule has 0 saturated heterocycles. The Balaban J connectivity index is 0.000000500. The van der Waals surface area contributed by atoms with Gasteiger partial charge in [-0.25, -0.2) is 4.39 Å². The molecule has 0 bridgehead atoms. The molecule has 1 aromatic carbocycles. The first-order valence-electron chi connectivity index (χ1n) is 3.27. The Morgan fingerprint density at radius 1 is 1.21 bits per heavy atom. The normalized spacial score (nSPS) is 9.86. The summed E-state index contributed by atoms with van der Waals surface area (Å²) in [4.78, 5) is 0. The summed E-state index contributed by atoms with van der Waals surface area (Å²) < 4.78 is 47.5. The molecular weight excluding hydrogens is 344 g/mol. The number of hydrogen-bond donors (Lipinski definition) is 0. The maximum Gasteiger partial charge on any atom is 0.560 e. The van der Waals surface area contributed by atoms with Gasteiger partial charge in [0.15, 0.2) is 0 Å². The van der Waals surface area contributed by atoms with Crippen LogP contribution in [-0.2, 0) is 6.18 Å². The van der Waals surface area contributed by atoms with Gasteiger partial charge in [-0.2, -0.15) is 13.2 Å². The molecule has 1 rings (SSSR count). The minimum atomic E-state index is -4.49. The largest absolute Gasteiger partial charge is 0.560 e. The molecule has 0 amide bonds. The summed E-state index contributed by atoms with van der Waals surface area (Å²) in [6.07, 6.45) is -4.49. The van der Waals surface area contributed by atoms with Crippen LogP contribution in [0.3, 0.4) is 0 Å². The van der Waals surface area contributed by atoms with Crippen molar-refractivity contribution in [3.63, 3.8) is 0 Å². The summed E-state index contributed by atoms with van der Waals surface area (Å²) >= 11 is 6.44. The Morgan fingerprint density at radius 2 is 1.71 bits per heavy atom. The Morgan fingerprint density at radius 3 is 2.00 bits per heavy atom. The van der Waals surface area contributed by atoms with E-state index in [1.165, 1.54) is 0 Å². The number of halogens is 6. The van der Waals surface area contributed by atoms with Gasteiger partial charge in [-0.05, 0) is 24.3 Å². The quantitative estimate of drug-likeness (QED) is 0.492. The highest BCUT2D eigenvalue weighted by Gasteiger charge is 2.30. The molecule has 0 fully saturated rings. The molecule has 0 aromatic heterocycles. The van der Waals surface area contributed by atoms with Gasteiger partial charge in [0.05, 0.1) is 5.56 Å². The third-order valence-electron chi connectivity index (χ3n) is 1.08. The Bertz CT molecular complexity index is 277. The summed E-state index contributed by atoms with van der Waals surface area (Å²) in [7, 11) is 0. The molecule has 0 aliphatic heterocycles. The van der Waals surface area contributed by atoms with Gasteiger partial charge < -0.3 is 0 Å².